The van der Waals surface area contributed by atoms with Gasteiger partial charge in [0, 0.05) is 0 Å². The lowest BCUT2D eigenvalue weighted by molar-refractivity contribution is -0.714. The summed E-state index contributed by atoms with van der Waals surface area (Å²) in [7, 11) is -4.67. The quantitative estimate of drug-likeness (QED) is 0.334. The Morgan fingerprint density at radius 2 is 1.60 bits per heavy atom. The van der Waals surface area contributed by atoms with Gasteiger partial charge in [-0.05, 0) is 0 Å². The average molecular weight is 196 g/mol. The molecule has 0 unspecified atom stereocenters. The Hall–Kier alpha value is -0.640. The van der Waals surface area contributed by atoms with Gasteiger partial charge in [0.15, 0.2) is 0 Å². The van der Waals surface area contributed by atoms with Crippen LogP contribution in [0.25, 0.3) is 0 Å². The fourth-order valence-electron chi connectivity index (χ4n) is 0. The van der Waals surface area contributed by atoms with Crippen molar-refractivity contribution in [3.63, 3.8) is 0 Å². The van der Waals surface area contributed by atoms with Crippen LogP contribution in [-0.2, 0) is 14.8 Å². The molecular weight excluding hydrogens is 194 g/mol. The van der Waals surface area contributed by atoms with Crippen molar-refractivity contribution < 1.29 is 27.0 Å². The first-order valence-corrected chi connectivity index (χ1v) is 3.11. The highest BCUT2D eigenvalue weighted by atomic mass is 35.5. The first-order chi connectivity index (χ1) is 4.27. The van der Waals surface area contributed by atoms with E-state index in [4.69, 9.17) is 27.6 Å². The molecule has 0 aliphatic heterocycles. The van der Waals surface area contributed by atoms with Crippen LogP contribution in [-0.4, -0.2) is 22.6 Å². The van der Waals surface area contributed by atoms with E-state index in [0.29, 0.717) is 0 Å². The zero-order chi connectivity index (χ0) is 8.78. The van der Waals surface area contributed by atoms with Gasteiger partial charge in [-0.1, -0.05) is 0 Å². The van der Waals surface area contributed by atoms with Gasteiger partial charge in [0.1, 0.15) is 11.9 Å². The number of hydrogen-bond donors (Lipinski definition) is 2. The van der Waals surface area contributed by atoms with E-state index >= 15 is 0 Å². The summed E-state index contributed by atoms with van der Waals surface area (Å²) in [6.45, 7) is 0. The maximum absolute atomic E-state index is 8.82. The smallest absolute Gasteiger partial charge is 0.264 e. The highest BCUT2D eigenvalue weighted by molar-refractivity contribution is 7.79. The Labute approximate surface area is 60.2 Å². The second-order valence-corrected chi connectivity index (χ2v) is 1.77. The van der Waals surface area contributed by atoms with Crippen molar-refractivity contribution in [3.05, 3.63) is 10.1 Å². The molecule has 0 amide bonds. The minimum Gasteiger partial charge on any atom is -0.264 e. The maximum atomic E-state index is 8.82. The van der Waals surface area contributed by atoms with E-state index in [1.54, 1.807) is 0 Å². The molecule has 0 atom stereocenters. The first kappa shape index (κ1) is 12.1. The van der Waals surface area contributed by atoms with Crippen LogP contribution >= 0.6 is 11.9 Å². The lowest BCUT2D eigenvalue weighted by Gasteiger charge is -1.69. The third-order valence-corrected chi connectivity index (χ3v) is 0.169. The molecule has 0 fully saturated rings. The Kier molecular flexibility index (Phi) is 6.24. The molecule has 0 aliphatic rings. The number of rotatable bonds is 1. The predicted octanol–water partition coefficient (Wildman–Crippen LogP) is -0.304. The summed E-state index contributed by atoms with van der Waals surface area (Å²) in [5.74, 6) is 0. The van der Waals surface area contributed by atoms with Gasteiger partial charge < -0.3 is 0 Å². The average Bonchev–Trinajstić information content (AvgIpc) is 1.61. The molecular formula is H2ClNO7S. The lowest BCUT2D eigenvalue weighted by Crippen LogP contribution is -1.89. The molecule has 10 heavy (non-hydrogen) atoms. The Morgan fingerprint density at radius 1 is 1.50 bits per heavy atom. The highest BCUT2D eigenvalue weighted by Crippen LogP contribution is 1.73. The van der Waals surface area contributed by atoms with Crippen LogP contribution in [0.15, 0.2) is 0 Å². The van der Waals surface area contributed by atoms with Crippen molar-refractivity contribution >= 4 is 22.3 Å². The van der Waals surface area contributed by atoms with Crippen molar-refractivity contribution in [2.24, 2.45) is 0 Å². The first-order valence-electron chi connectivity index (χ1n) is 1.40. The molecule has 2 N–H and O–H groups in total. The van der Waals surface area contributed by atoms with Gasteiger partial charge in [-0.15, -0.1) is 10.1 Å². The van der Waals surface area contributed by atoms with Crippen molar-refractivity contribution in [1.82, 2.24) is 0 Å². The van der Waals surface area contributed by atoms with E-state index in [9.17, 15) is 0 Å². The van der Waals surface area contributed by atoms with Gasteiger partial charge in [-0.3, -0.25) is 9.11 Å². The Balaban J connectivity index is 0. The molecule has 0 bridgehead atoms. The fraction of sp³-hybridized carbons (Fsp3) is 0. The molecule has 0 aromatic heterocycles. The molecule has 62 valence electrons. The van der Waals surface area contributed by atoms with Crippen molar-refractivity contribution in [3.8, 4) is 0 Å². The van der Waals surface area contributed by atoms with Crippen LogP contribution in [0, 0.1) is 10.1 Å². The minimum absolute atomic E-state index is 1.11. The minimum atomic E-state index is -4.67. The summed E-state index contributed by atoms with van der Waals surface area (Å²) in [4.78, 5) is 8.82. The molecule has 0 rings (SSSR count). The van der Waals surface area contributed by atoms with E-state index in [1.807, 2.05) is 0 Å². The molecule has 0 spiro atoms. The monoisotopic (exact) mass is 195 g/mol. The number of nitrogens with zero attached hydrogens (tertiary/aromatic N) is 1. The second kappa shape index (κ2) is 5.17. The summed E-state index contributed by atoms with van der Waals surface area (Å²) in [6, 6.07) is 0. The largest absolute Gasteiger partial charge is 0.394 e. The van der Waals surface area contributed by atoms with Gasteiger partial charge >= 0.3 is 15.5 Å². The maximum Gasteiger partial charge on any atom is 0.394 e. The number of hydrogen-bond acceptors (Lipinski definition) is 5. The Morgan fingerprint density at radius 3 is 1.60 bits per heavy atom. The zero-order valence-corrected chi connectivity index (χ0v) is 5.74. The van der Waals surface area contributed by atoms with E-state index in [0.717, 1.165) is 0 Å². The van der Waals surface area contributed by atoms with Crippen molar-refractivity contribution in [2.45, 2.75) is 0 Å². The van der Waals surface area contributed by atoms with E-state index in [2.05, 4.69) is 16.3 Å². The van der Waals surface area contributed by atoms with E-state index in [-0.39, 0.29) is 0 Å². The van der Waals surface area contributed by atoms with Gasteiger partial charge in [-0.25, -0.2) is 0 Å². The van der Waals surface area contributed by atoms with Crippen LogP contribution in [0.1, 0.15) is 0 Å². The zero-order valence-electron chi connectivity index (χ0n) is 4.17. The summed E-state index contributed by atoms with van der Waals surface area (Å²) in [5, 5.41) is 7.71. The van der Waals surface area contributed by atoms with E-state index in [1.165, 1.54) is 0 Å². The third-order valence-electron chi connectivity index (χ3n) is 0.0563. The van der Waals surface area contributed by atoms with Gasteiger partial charge in [0.25, 0.3) is 0 Å². The molecule has 8 nitrogen and oxygen atoms in total. The predicted molar refractivity (Wildman–Crippen MR) is 28.1 cm³/mol. The van der Waals surface area contributed by atoms with Crippen molar-refractivity contribution in [1.29, 1.82) is 0 Å². The normalized spacial score (nSPS) is 9.10. The SMILES string of the molecule is O=S(=O)(O)O.O=[N+]([O-])OCl. The fourth-order valence-corrected chi connectivity index (χ4v) is 0. The summed E-state index contributed by atoms with van der Waals surface area (Å²) in [5.41, 5.74) is 0. The summed E-state index contributed by atoms with van der Waals surface area (Å²) >= 11 is 4.14. The molecule has 0 radical (unpaired) electrons. The van der Waals surface area contributed by atoms with Crippen LogP contribution < -0.4 is 0 Å². The standard InChI is InChI=1S/ClNO3.H2O4S/c1-5-2(3)4;1-5(2,3)4/h;(H2,1,2,3,4). The molecule has 0 aromatic rings. The topological polar surface area (TPSA) is 127 Å². The molecule has 0 saturated heterocycles. The van der Waals surface area contributed by atoms with Gasteiger partial charge in [0.2, 0.25) is 0 Å². The number of halogens is 1. The van der Waals surface area contributed by atoms with Gasteiger partial charge in [0.05, 0.1) is 0 Å². The molecule has 0 saturated carbocycles. The summed E-state index contributed by atoms with van der Waals surface area (Å²) < 4.78 is 34.5. The third kappa shape index (κ3) is 161. The van der Waals surface area contributed by atoms with Crippen LogP contribution in [0.2, 0.25) is 0 Å². The molecule has 10 heteroatoms. The van der Waals surface area contributed by atoms with Crippen molar-refractivity contribution in [2.75, 3.05) is 0 Å². The van der Waals surface area contributed by atoms with E-state index < -0.39 is 15.5 Å². The molecule has 0 heterocycles. The van der Waals surface area contributed by atoms with Crippen LogP contribution in [0.5, 0.6) is 0 Å². The molecule has 0 aromatic carbocycles. The second-order valence-electron chi connectivity index (χ2n) is 0.740. The van der Waals surface area contributed by atoms with Crippen LogP contribution in [0.3, 0.4) is 0 Å². The Bertz CT molecular complexity index is 172. The van der Waals surface area contributed by atoms with Crippen LogP contribution in [0.4, 0.5) is 0 Å². The highest BCUT2D eigenvalue weighted by Gasteiger charge is 1.84. The summed E-state index contributed by atoms with van der Waals surface area (Å²) in [6.07, 6.45) is 0. The molecule has 0 aliphatic carbocycles. The van der Waals surface area contributed by atoms with Gasteiger partial charge in [-0.2, -0.15) is 12.8 Å². The lowest BCUT2D eigenvalue weighted by atomic mass is 13.1.